The van der Waals surface area contributed by atoms with Gasteiger partial charge < -0.3 is 15.7 Å². The van der Waals surface area contributed by atoms with Crippen molar-refractivity contribution in [3.63, 3.8) is 0 Å². The summed E-state index contributed by atoms with van der Waals surface area (Å²) < 4.78 is 0. The lowest BCUT2D eigenvalue weighted by Crippen LogP contribution is -2.24. The van der Waals surface area contributed by atoms with Crippen molar-refractivity contribution in [3.05, 3.63) is 24.3 Å². The van der Waals surface area contributed by atoms with Gasteiger partial charge in [0.1, 0.15) is 6.10 Å². The van der Waals surface area contributed by atoms with Gasteiger partial charge >= 0.3 is 0 Å². The molecular weight excluding hydrogens is 244 g/mol. The van der Waals surface area contributed by atoms with Gasteiger partial charge in [-0.15, -0.1) is 0 Å². The van der Waals surface area contributed by atoms with Crippen LogP contribution >= 0.6 is 0 Å². The van der Waals surface area contributed by atoms with Gasteiger partial charge in [0.25, 0.3) is 5.91 Å². The Kier molecular flexibility index (Phi) is 5.51. The van der Waals surface area contributed by atoms with Gasteiger partial charge in [-0.25, -0.2) is 0 Å². The van der Waals surface area contributed by atoms with E-state index in [1.807, 2.05) is 13.8 Å². The third-order valence-corrected chi connectivity index (χ3v) is 2.41. The maximum Gasteiger partial charge on any atom is 0.252 e. The molecular formula is C14H20N2O3. The normalized spacial score (nSPS) is 12.1. The van der Waals surface area contributed by atoms with Crippen LogP contribution in [0, 0.1) is 5.92 Å². The molecule has 0 aliphatic carbocycles. The molecule has 0 heterocycles. The summed E-state index contributed by atoms with van der Waals surface area (Å²) in [6, 6.07) is 6.75. The Balaban J connectivity index is 2.57. The van der Waals surface area contributed by atoms with Crippen LogP contribution in [0.1, 0.15) is 27.2 Å². The molecule has 19 heavy (non-hydrogen) atoms. The summed E-state index contributed by atoms with van der Waals surface area (Å²) in [4.78, 5) is 22.8. The average molecular weight is 264 g/mol. The number of anilines is 2. The maximum atomic E-state index is 11.6. The first-order valence-corrected chi connectivity index (χ1v) is 6.27. The molecule has 0 bridgehead atoms. The molecule has 1 aromatic rings. The molecule has 0 aliphatic heterocycles. The Hall–Kier alpha value is -1.88. The van der Waals surface area contributed by atoms with Gasteiger partial charge in [0.2, 0.25) is 5.91 Å². The molecule has 0 aromatic heterocycles. The van der Waals surface area contributed by atoms with Crippen molar-refractivity contribution in [1.29, 1.82) is 0 Å². The lowest BCUT2D eigenvalue weighted by molar-refractivity contribution is -0.123. The number of hydrogen-bond acceptors (Lipinski definition) is 3. The van der Waals surface area contributed by atoms with Crippen molar-refractivity contribution in [2.45, 2.75) is 33.3 Å². The minimum atomic E-state index is -1.05. The van der Waals surface area contributed by atoms with Crippen LogP contribution in [0.15, 0.2) is 24.3 Å². The lowest BCUT2D eigenvalue weighted by atomic mass is 10.1. The molecule has 2 amide bonds. The number of aliphatic hydroxyl groups is 1. The molecule has 1 unspecified atom stereocenters. The predicted octanol–water partition coefficient (Wildman–Crippen LogP) is 1.99. The summed E-state index contributed by atoms with van der Waals surface area (Å²) in [5, 5.41) is 14.4. The summed E-state index contributed by atoms with van der Waals surface area (Å²) in [6.45, 7) is 5.36. The molecule has 0 radical (unpaired) electrons. The molecule has 5 heteroatoms. The molecule has 0 spiro atoms. The largest absolute Gasteiger partial charge is 0.384 e. The summed E-state index contributed by atoms with van der Waals surface area (Å²) in [5.41, 5.74) is 1.26. The fourth-order valence-electron chi connectivity index (χ4n) is 1.47. The number of carbonyl (C=O) groups excluding carboxylic acids is 2. The van der Waals surface area contributed by atoms with E-state index in [-0.39, 0.29) is 5.91 Å². The van der Waals surface area contributed by atoms with Gasteiger partial charge in [-0.2, -0.15) is 0 Å². The van der Waals surface area contributed by atoms with Crippen molar-refractivity contribution in [1.82, 2.24) is 0 Å². The Labute approximate surface area is 113 Å². The monoisotopic (exact) mass is 264 g/mol. The highest BCUT2D eigenvalue weighted by atomic mass is 16.3. The van der Waals surface area contributed by atoms with E-state index in [9.17, 15) is 9.59 Å². The number of carbonyl (C=O) groups is 2. The molecule has 0 fully saturated rings. The van der Waals surface area contributed by atoms with E-state index in [0.29, 0.717) is 23.7 Å². The number of amides is 2. The molecule has 1 atom stereocenters. The second kappa shape index (κ2) is 6.89. The third-order valence-electron chi connectivity index (χ3n) is 2.41. The summed E-state index contributed by atoms with van der Waals surface area (Å²) >= 11 is 0. The van der Waals surface area contributed by atoms with Gasteiger partial charge in [-0.05, 0) is 37.1 Å². The fraction of sp³-hybridized carbons (Fsp3) is 0.429. The van der Waals surface area contributed by atoms with Crippen LogP contribution in [-0.2, 0) is 9.59 Å². The lowest BCUT2D eigenvalue weighted by Gasteiger charge is -2.09. The van der Waals surface area contributed by atoms with Crippen molar-refractivity contribution < 1.29 is 14.7 Å². The molecule has 1 aromatic carbocycles. The van der Waals surface area contributed by atoms with E-state index in [2.05, 4.69) is 10.6 Å². The van der Waals surface area contributed by atoms with E-state index >= 15 is 0 Å². The Morgan fingerprint density at radius 2 is 1.53 bits per heavy atom. The smallest absolute Gasteiger partial charge is 0.252 e. The topological polar surface area (TPSA) is 78.4 Å². The highest BCUT2D eigenvalue weighted by Gasteiger charge is 2.09. The molecule has 0 aliphatic rings. The van der Waals surface area contributed by atoms with E-state index in [0.717, 1.165) is 0 Å². The van der Waals surface area contributed by atoms with E-state index in [1.54, 1.807) is 24.3 Å². The standard InChI is InChI=1S/C14H20N2O3/c1-9(2)8-13(18)15-11-4-6-12(7-5-11)16-14(19)10(3)17/h4-7,9-10,17H,8H2,1-3H3,(H,15,18)(H,16,19). The predicted molar refractivity (Wildman–Crippen MR) is 74.8 cm³/mol. The number of nitrogens with one attached hydrogen (secondary N) is 2. The minimum Gasteiger partial charge on any atom is -0.384 e. The van der Waals surface area contributed by atoms with E-state index < -0.39 is 12.0 Å². The first-order valence-electron chi connectivity index (χ1n) is 6.27. The maximum absolute atomic E-state index is 11.6. The van der Waals surface area contributed by atoms with Crippen LogP contribution in [-0.4, -0.2) is 23.0 Å². The molecule has 5 nitrogen and oxygen atoms in total. The van der Waals surface area contributed by atoms with E-state index in [4.69, 9.17) is 5.11 Å². The van der Waals surface area contributed by atoms with Crippen LogP contribution in [0.3, 0.4) is 0 Å². The van der Waals surface area contributed by atoms with Crippen LogP contribution in [0.4, 0.5) is 11.4 Å². The third kappa shape index (κ3) is 5.52. The average Bonchev–Trinajstić information content (AvgIpc) is 2.30. The molecule has 1 rings (SSSR count). The quantitative estimate of drug-likeness (QED) is 0.761. The second-order valence-corrected chi connectivity index (χ2v) is 4.89. The Bertz CT molecular complexity index is 439. The van der Waals surface area contributed by atoms with Crippen molar-refractivity contribution in [2.24, 2.45) is 5.92 Å². The first kappa shape index (κ1) is 15.2. The zero-order chi connectivity index (χ0) is 14.4. The Morgan fingerprint density at radius 3 is 1.95 bits per heavy atom. The Morgan fingerprint density at radius 1 is 1.05 bits per heavy atom. The summed E-state index contributed by atoms with van der Waals surface area (Å²) in [5.74, 6) is -0.183. The van der Waals surface area contributed by atoms with E-state index in [1.165, 1.54) is 6.92 Å². The van der Waals surface area contributed by atoms with Crippen molar-refractivity contribution >= 4 is 23.2 Å². The fourth-order valence-corrected chi connectivity index (χ4v) is 1.47. The van der Waals surface area contributed by atoms with Crippen LogP contribution in [0.5, 0.6) is 0 Å². The van der Waals surface area contributed by atoms with Crippen molar-refractivity contribution in [3.8, 4) is 0 Å². The molecule has 104 valence electrons. The zero-order valence-electron chi connectivity index (χ0n) is 11.4. The highest BCUT2D eigenvalue weighted by molar-refractivity contribution is 5.94. The second-order valence-electron chi connectivity index (χ2n) is 4.89. The summed E-state index contributed by atoms with van der Waals surface area (Å²) in [6.07, 6.45) is -0.578. The van der Waals surface area contributed by atoms with Gasteiger partial charge in [-0.1, -0.05) is 13.8 Å². The molecule has 0 saturated heterocycles. The van der Waals surface area contributed by atoms with Gasteiger partial charge in [0.15, 0.2) is 0 Å². The first-order chi connectivity index (χ1) is 8.88. The SMILES string of the molecule is CC(C)CC(=O)Nc1ccc(NC(=O)C(C)O)cc1. The zero-order valence-corrected chi connectivity index (χ0v) is 11.4. The van der Waals surface area contributed by atoms with Crippen LogP contribution in [0.2, 0.25) is 0 Å². The number of hydrogen-bond donors (Lipinski definition) is 3. The summed E-state index contributed by atoms with van der Waals surface area (Å²) in [7, 11) is 0. The molecule has 0 saturated carbocycles. The van der Waals surface area contributed by atoms with Crippen LogP contribution in [0.25, 0.3) is 0 Å². The van der Waals surface area contributed by atoms with Crippen molar-refractivity contribution in [2.75, 3.05) is 10.6 Å². The van der Waals surface area contributed by atoms with Gasteiger partial charge in [0, 0.05) is 17.8 Å². The van der Waals surface area contributed by atoms with Gasteiger partial charge in [0.05, 0.1) is 0 Å². The number of benzene rings is 1. The minimum absolute atomic E-state index is 0.0317. The van der Waals surface area contributed by atoms with Gasteiger partial charge in [-0.3, -0.25) is 9.59 Å². The number of rotatable bonds is 5. The number of aliphatic hydroxyl groups excluding tert-OH is 1. The highest BCUT2D eigenvalue weighted by Crippen LogP contribution is 2.14. The molecule has 3 N–H and O–H groups in total. The van der Waals surface area contributed by atoms with Crippen LogP contribution < -0.4 is 10.6 Å².